The van der Waals surface area contributed by atoms with Gasteiger partial charge in [0, 0.05) is 6.04 Å². The van der Waals surface area contributed by atoms with E-state index < -0.39 is 0 Å². The fourth-order valence-corrected chi connectivity index (χ4v) is 4.94. The average Bonchev–Trinajstić information content (AvgIpc) is 3.06. The number of rotatable bonds is 5. The maximum atomic E-state index is 13.4. The predicted molar refractivity (Wildman–Crippen MR) is 122 cm³/mol. The third-order valence-corrected chi connectivity index (χ3v) is 6.32. The van der Waals surface area contributed by atoms with Crippen LogP contribution in [0.25, 0.3) is 6.08 Å². The SMILES string of the molecule is CCOc1cc(C=C2SC(=Nc3ccccc3)N(C3CCCCC3)C2=O)ccc1O. The van der Waals surface area contributed by atoms with Crippen LogP contribution in [0.4, 0.5) is 5.69 Å². The van der Waals surface area contributed by atoms with Gasteiger partial charge in [-0.25, -0.2) is 4.99 Å². The largest absolute Gasteiger partial charge is 0.504 e. The highest BCUT2D eigenvalue weighted by molar-refractivity contribution is 8.18. The van der Waals surface area contributed by atoms with Crippen molar-refractivity contribution in [3.8, 4) is 11.5 Å². The van der Waals surface area contributed by atoms with Crippen molar-refractivity contribution >= 4 is 34.6 Å². The van der Waals surface area contributed by atoms with E-state index in [9.17, 15) is 9.90 Å². The number of aromatic hydroxyl groups is 1. The first-order valence-electron chi connectivity index (χ1n) is 10.5. The molecule has 0 radical (unpaired) electrons. The third-order valence-electron chi connectivity index (χ3n) is 5.34. The zero-order valence-electron chi connectivity index (χ0n) is 17.1. The molecule has 0 aromatic heterocycles. The van der Waals surface area contributed by atoms with Crippen molar-refractivity contribution in [2.24, 2.45) is 4.99 Å². The van der Waals surface area contributed by atoms with Gasteiger partial charge in [-0.05, 0) is 67.4 Å². The zero-order valence-corrected chi connectivity index (χ0v) is 17.9. The van der Waals surface area contributed by atoms with Crippen molar-refractivity contribution in [2.45, 2.75) is 45.1 Å². The van der Waals surface area contributed by atoms with E-state index in [1.54, 1.807) is 18.2 Å². The molecule has 1 aliphatic heterocycles. The molecule has 1 saturated carbocycles. The van der Waals surface area contributed by atoms with E-state index in [0.717, 1.165) is 42.1 Å². The van der Waals surface area contributed by atoms with Crippen LogP contribution in [-0.2, 0) is 4.79 Å². The molecule has 30 heavy (non-hydrogen) atoms. The molecule has 0 atom stereocenters. The first-order valence-corrected chi connectivity index (χ1v) is 11.3. The Labute approximate surface area is 181 Å². The Bertz CT molecular complexity index is 966. The molecule has 1 aliphatic carbocycles. The number of amidine groups is 1. The van der Waals surface area contributed by atoms with Crippen LogP contribution in [0.1, 0.15) is 44.6 Å². The van der Waals surface area contributed by atoms with E-state index in [2.05, 4.69) is 0 Å². The van der Waals surface area contributed by atoms with Crippen molar-refractivity contribution in [2.75, 3.05) is 6.61 Å². The van der Waals surface area contributed by atoms with Gasteiger partial charge >= 0.3 is 0 Å². The second-order valence-corrected chi connectivity index (χ2v) is 8.48. The van der Waals surface area contributed by atoms with Crippen molar-refractivity contribution in [3.63, 3.8) is 0 Å². The molecule has 2 fully saturated rings. The van der Waals surface area contributed by atoms with Crippen LogP contribution in [0.15, 0.2) is 58.4 Å². The number of hydrogen-bond donors (Lipinski definition) is 1. The summed E-state index contributed by atoms with van der Waals surface area (Å²) in [5.74, 6) is 0.525. The van der Waals surface area contributed by atoms with E-state index in [-0.39, 0.29) is 17.7 Å². The highest BCUT2D eigenvalue weighted by atomic mass is 32.2. The summed E-state index contributed by atoms with van der Waals surface area (Å²) in [6.07, 6.45) is 7.41. The van der Waals surface area contributed by atoms with Gasteiger partial charge in [0.05, 0.1) is 17.2 Å². The second kappa shape index (κ2) is 9.39. The lowest BCUT2D eigenvalue weighted by molar-refractivity contribution is -0.124. The van der Waals surface area contributed by atoms with Crippen molar-refractivity contribution in [1.82, 2.24) is 4.90 Å². The van der Waals surface area contributed by atoms with Crippen LogP contribution >= 0.6 is 11.8 Å². The molecule has 1 saturated heterocycles. The van der Waals surface area contributed by atoms with E-state index >= 15 is 0 Å². The lowest BCUT2D eigenvalue weighted by Crippen LogP contribution is -2.40. The molecule has 5 nitrogen and oxygen atoms in total. The zero-order chi connectivity index (χ0) is 20.9. The number of thioether (sulfide) groups is 1. The number of carbonyl (C=O) groups is 1. The standard InChI is InChI=1S/C24H26N2O3S/c1-2-29-21-15-17(13-14-20(21)27)16-22-23(28)26(19-11-7-4-8-12-19)24(30-22)25-18-9-5-3-6-10-18/h3,5-6,9-10,13-16,19,27H,2,4,7-8,11-12H2,1H3. The van der Waals surface area contributed by atoms with Crippen LogP contribution in [0.3, 0.4) is 0 Å². The topological polar surface area (TPSA) is 62.1 Å². The van der Waals surface area contributed by atoms with Crippen LogP contribution < -0.4 is 4.74 Å². The van der Waals surface area contributed by atoms with Crippen molar-refractivity contribution < 1.29 is 14.6 Å². The van der Waals surface area contributed by atoms with Gasteiger partial charge in [-0.15, -0.1) is 0 Å². The molecular weight excluding hydrogens is 396 g/mol. The van der Waals surface area contributed by atoms with Gasteiger partial charge in [0.15, 0.2) is 16.7 Å². The van der Waals surface area contributed by atoms with Crippen LogP contribution in [0, 0.1) is 0 Å². The normalized spacial score (nSPS) is 20.3. The van der Waals surface area contributed by atoms with E-state index in [4.69, 9.17) is 9.73 Å². The fourth-order valence-electron chi connectivity index (χ4n) is 3.88. The van der Waals surface area contributed by atoms with Crippen LogP contribution in [0.2, 0.25) is 0 Å². The van der Waals surface area contributed by atoms with Crippen LogP contribution in [0.5, 0.6) is 11.5 Å². The van der Waals surface area contributed by atoms with Gasteiger partial charge in [-0.2, -0.15) is 0 Å². The lowest BCUT2D eigenvalue weighted by Gasteiger charge is -2.30. The highest BCUT2D eigenvalue weighted by Crippen LogP contribution is 2.39. The fraction of sp³-hybridized carbons (Fsp3) is 0.333. The summed E-state index contributed by atoms with van der Waals surface area (Å²) < 4.78 is 5.48. The Balaban J connectivity index is 1.68. The van der Waals surface area contributed by atoms with Crippen LogP contribution in [-0.4, -0.2) is 33.7 Å². The first kappa shape index (κ1) is 20.5. The molecule has 4 rings (SSSR count). The van der Waals surface area contributed by atoms with E-state index in [1.807, 2.05) is 48.2 Å². The monoisotopic (exact) mass is 422 g/mol. The molecule has 6 heteroatoms. The summed E-state index contributed by atoms with van der Waals surface area (Å²) in [4.78, 5) is 20.7. The smallest absolute Gasteiger partial charge is 0.267 e. The Kier molecular flexibility index (Phi) is 6.43. The third kappa shape index (κ3) is 4.54. The summed E-state index contributed by atoms with van der Waals surface area (Å²) in [6, 6.07) is 15.1. The van der Waals surface area contributed by atoms with Gasteiger partial charge in [-0.3, -0.25) is 9.69 Å². The van der Waals surface area contributed by atoms with Gasteiger partial charge < -0.3 is 9.84 Å². The number of aliphatic imine (C=N–C) groups is 1. The van der Waals surface area contributed by atoms with Gasteiger partial charge in [0.1, 0.15) is 0 Å². The minimum absolute atomic E-state index is 0.00705. The average molecular weight is 423 g/mol. The number of phenols is 1. The quantitative estimate of drug-likeness (QED) is 0.625. The number of carbonyl (C=O) groups excluding carboxylic acids is 1. The number of hydrogen-bond acceptors (Lipinski definition) is 5. The van der Waals surface area contributed by atoms with Crippen molar-refractivity contribution in [3.05, 3.63) is 59.0 Å². The predicted octanol–water partition coefficient (Wildman–Crippen LogP) is 5.73. The summed E-state index contributed by atoms with van der Waals surface area (Å²) in [7, 11) is 0. The van der Waals surface area contributed by atoms with Gasteiger partial charge in [0.2, 0.25) is 0 Å². The second-order valence-electron chi connectivity index (χ2n) is 7.47. The van der Waals surface area contributed by atoms with E-state index in [0.29, 0.717) is 17.3 Å². The maximum Gasteiger partial charge on any atom is 0.267 e. The number of para-hydroxylation sites is 1. The summed E-state index contributed by atoms with van der Waals surface area (Å²) in [5, 5.41) is 10.7. The summed E-state index contributed by atoms with van der Waals surface area (Å²) in [6.45, 7) is 2.33. The number of phenolic OH excluding ortho intramolecular Hbond substituents is 1. The first-order chi connectivity index (χ1) is 14.7. The molecule has 1 heterocycles. The Hall–Kier alpha value is -2.73. The van der Waals surface area contributed by atoms with Gasteiger partial charge in [-0.1, -0.05) is 43.5 Å². The Morgan fingerprint density at radius 1 is 1.17 bits per heavy atom. The number of nitrogens with zero attached hydrogens (tertiary/aromatic N) is 2. The van der Waals surface area contributed by atoms with Crippen molar-refractivity contribution in [1.29, 1.82) is 0 Å². The molecule has 0 unspecified atom stereocenters. The lowest BCUT2D eigenvalue weighted by atomic mass is 9.94. The minimum atomic E-state index is 0.00705. The van der Waals surface area contributed by atoms with Gasteiger partial charge in [0.25, 0.3) is 5.91 Å². The Morgan fingerprint density at radius 3 is 2.67 bits per heavy atom. The molecule has 156 valence electrons. The molecule has 0 spiro atoms. The summed E-state index contributed by atoms with van der Waals surface area (Å²) in [5.41, 5.74) is 1.66. The molecule has 1 N–H and O–H groups in total. The molecule has 2 aromatic carbocycles. The number of amides is 1. The molecular formula is C24H26N2O3S. The maximum absolute atomic E-state index is 13.4. The molecule has 1 amide bonds. The molecule has 0 bridgehead atoms. The summed E-state index contributed by atoms with van der Waals surface area (Å²) >= 11 is 1.42. The number of ether oxygens (including phenoxy) is 1. The molecule has 2 aliphatic rings. The Morgan fingerprint density at radius 2 is 1.93 bits per heavy atom. The van der Waals surface area contributed by atoms with E-state index in [1.165, 1.54) is 18.2 Å². The minimum Gasteiger partial charge on any atom is -0.504 e. The highest BCUT2D eigenvalue weighted by Gasteiger charge is 2.38. The molecule has 2 aromatic rings. The number of benzene rings is 2.